The summed E-state index contributed by atoms with van der Waals surface area (Å²) in [6, 6.07) is 20.5. The van der Waals surface area contributed by atoms with E-state index in [9.17, 15) is 18.0 Å². The van der Waals surface area contributed by atoms with E-state index in [0.29, 0.717) is 27.8 Å². The number of sulfonamides is 1. The van der Waals surface area contributed by atoms with E-state index in [0.717, 1.165) is 28.1 Å². The molecule has 0 saturated carbocycles. The van der Waals surface area contributed by atoms with E-state index in [1.807, 2.05) is 49.4 Å². The maximum atomic E-state index is 14.0. The SMILES string of the molecule is CCNC(=O)C(Cc1ccccc1)N(Cc1ccc(Cl)c(Cl)c1)C(=O)CN(c1ccc(CC)cc1)S(C)(=O)=O. The number of rotatable bonds is 12. The standard InChI is InChI=1S/C29H33Cl2N3O4S/c1-4-21-11-14-24(15-12-21)34(39(3,37)38)20-28(35)33(19-23-13-16-25(30)26(31)17-23)27(29(36)32-5-2)18-22-9-7-6-8-10-22/h6-17,27H,4-5,18-20H2,1-3H3,(H,32,36). The first kappa shape index (κ1) is 30.5. The van der Waals surface area contributed by atoms with Gasteiger partial charge in [0.2, 0.25) is 21.8 Å². The Balaban J connectivity index is 2.04. The number of amides is 2. The average molecular weight is 591 g/mol. The predicted molar refractivity (Wildman–Crippen MR) is 158 cm³/mol. The van der Waals surface area contributed by atoms with E-state index in [1.54, 1.807) is 37.3 Å². The normalized spacial score (nSPS) is 12.0. The van der Waals surface area contributed by atoms with Gasteiger partial charge in [-0.25, -0.2) is 8.42 Å². The molecule has 0 saturated heterocycles. The van der Waals surface area contributed by atoms with Gasteiger partial charge in [0.1, 0.15) is 12.6 Å². The summed E-state index contributed by atoms with van der Waals surface area (Å²) in [6.07, 6.45) is 2.09. The van der Waals surface area contributed by atoms with Gasteiger partial charge in [-0.2, -0.15) is 0 Å². The Morgan fingerprint density at radius 3 is 2.08 bits per heavy atom. The second-order valence-electron chi connectivity index (χ2n) is 9.16. The third kappa shape index (κ3) is 8.46. The highest BCUT2D eigenvalue weighted by Gasteiger charge is 2.33. The molecule has 0 aliphatic heterocycles. The Morgan fingerprint density at radius 1 is 0.872 bits per heavy atom. The van der Waals surface area contributed by atoms with Crippen molar-refractivity contribution in [3.8, 4) is 0 Å². The summed E-state index contributed by atoms with van der Waals surface area (Å²) >= 11 is 12.3. The molecule has 0 radical (unpaired) electrons. The Kier molecular flexibility index (Phi) is 10.8. The number of nitrogens with one attached hydrogen (secondary N) is 1. The van der Waals surface area contributed by atoms with Gasteiger partial charge >= 0.3 is 0 Å². The molecule has 0 bridgehead atoms. The minimum Gasteiger partial charge on any atom is -0.355 e. The van der Waals surface area contributed by atoms with Gasteiger partial charge in [-0.05, 0) is 54.3 Å². The fourth-order valence-electron chi connectivity index (χ4n) is 4.19. The summed E-state index contributed by atoms with van der Waals surface area (Å²) in [5.74, 6) is -0.869. The number of benzene rings is 3. The van der Waals surface area contributed by atoms with Crippen molar-refractivity contribution in [2.75, 3.05) is 23.7 Å². The molecular formula is C29H33Cl2N3O4S. The largest absolute Gasteiger partial charge is 0.355 e. The van der Waals surface area contributed by atoms with Gasteiger partial charge in [0, 0.05) is 19.5 Å². The molecule has 7 nitrogen and oxygen atoms in total. The van der Waals surface area contributed by atoms with Crippen LogP contribution >= 0.6 is 23.2 Å². The lowest BCUT2D eigenvalue weighted by molar-refractivity contribution is -0.140. The van der Waals surface area contributed by atoms with Crippen LogP contribution in [0.1, 0.15) is 30.5 Å². The first-order chi connectivity index (χ1) is 18.5. The quantitative estimate of drug-likeness (QED) is 0.318. The smallest absolute Gasteiger partial charge is 0.244 e. The van der Waals surface area contributed by atoms with Crippen molar-refractivity contribution >= 4 is 50.7 Å². The molecular weight excluding hydrogens is 557 g/mol. The van der Waals surface area contributed by atoms with Crippen molar-refractivity contribution in [2.24, 2.45) is 0 Å². The lowest BCUT2D eigenvalue weighted by Gasteiger charge is -2.33. The zero-order valence-corrected chi connectivity index (χ0v) is 24.6. The molecule has 0 aromatic heterocycles. The lowest BCUT2D eigenvalue weighted by atomic mass is 10.0. The van der Waals surface area contributed by atoms with Gasteiger partial charge in [0.15, 0.2) is 0 Å². The van der Waals surface area contributed by atoms with Crippen LogP contribution in [0.3, 0.4) is 0 Å². The molecule has 0 aliphatic rings. The van der Waals surface area contributed by atoms with Crippen LogP contribution in [0.2, 0.25) is 10.0 Å². The number of hydrogen-bond donors (Lipinski definition) is 1. The summed E-state index contributed by atoms with van der Waals surface area (Å²) in [4.78, 5) is 28.7. The maximum Gasteiger partial charge on any atom is 0.244 e. The first-order valence-corrected chi connectivity index (χ1v) is 15.3. The van der Waals surface area contributed by atoms with Crippen molar-refractivity contribution in [3.05, 3.63) is 99.5 Å². The van der Waals surface area contributed by atoms with Crippen LogP contribution in [0, 0.1) is 0 Å². The first-order valence-electron chi connectivity index (χ1n) is 12.6. The topological polar surface area (TPSA) is 86.8 Å². The van der Waals surface area contributed by atoms with Crippen molar-refractivity contribution in [3.63, 3.8) is 0 Å². The minimum atomic E-state index is -3.82. The third-order valence-electron chi connectivity index (χ3n) is 6.27. The van der Waals surface area contributed by atoms with Gasteiger partial charge in [-0.3, -0.25) is 13.9 Å². The molecule has 2 amide bonds. The van der Waals surface area contributed by atoms with Crippen molar-refractivity contribution in [1.82, 2.24) is 10.2 Å². The number of aryl methyl sites for hydroxylation is 1. The van der Waals surface area contributed by atoms with Gasteiger partial charge < -0.3 is 10.2 Å². The predicted octanol–water partition coefficient (Wildman–Crippen LogP) is 5.10. The summed E-state index contributed by atoms with van der Waals surface area (Å²) in [6.45, 7) is 3.72. The minimum absolute atomic E-state index is 0.0245. The van der Waals surface area contributed by atoms with Crippen molar-refractivity contribution in [1.29, 1.82) is 0 Å². The lowest BCUT2D eigenvalue weighted by Crippen LogP contribution is -2.53. The van der Waals surface area contributed by atoms with Crippen LogP contribution in [0.4, 0.5) is 5.69 Å². The molecule has 3 aromatic carbocycles. The second-order valence-corrected chi connectivity index (χ2v) is 11.9. The van der Waals surface area contributed by atoms with Gasteiger partial charge in [-0.15, -0.1) is 0 Å². The molecule has 208 valence electrons. The van der Waals surface area contributed by atoms with Crippen molar-refractivity contribution < 1.29 is 18.0 Å². The van der Waals surface area contributed by atoms with Gasteiger partial charge in [0.25, 0.3) is 0 Å². The highest BCUT2D eigenvalue weighted by atomic mass is 35.5. The van der Waals surface area contributed by atoms with Crippen LogP contribution in [0.15, 0.2) is 72.8 Å². The van der Waals surface area contributed by atoms with Crippen LogP contribution in [0.25, 0.3) is 0 Å². The molecule has 1 atom stereocenters. The Bertz CT molecular complexity index is 1380. The summed E-state index contributed by atoms with van der Waals surface area (Å²) in [7, 11) is -3.82. The number of nitrogens with zero attached hydrogens (tertiary/aromatic N) is 2. The average Bonchev–Trinajstić information content (AvgIpc) is 2.91. The van der Waals surface area contributed by atoms with Gasteiger partial charge in [-0.1, -0.05) is 78.7 Å². The zero-order chi connectivity index (χ0) is 28.6. The molecule has 0 aliphatic carbocycles. The monoisotopic (exact) mass is 589 g/mol. The van der Waals surface area contributed by atoms with Crippen LogP contribution in [-0.4, -0.2) is 50.5 Å². The molecule has 0 fully saturated rings. The van der Waals surface area contributed by atoms with E-state index in [1.165, 1.54) is 4.90 Å². The number of anilines is 1. The molecule has 39 heavy (non-hydrogen) atoms. The highest BCUT2D eigenvalue weighted by molar-refractivity contribution is 7.92. The fourth-order valence-corrected chi connectivity index (χ4v) is 5.36. The molecule has 1 unspecified atom stereocenters. The van der Waals surface area contributed by atoms with Gasteiger partial charge in [0.05, 0.1) is 22.0 Å². The highest BCUT2D eigenvalue weighted by Crippen LogP contribution is 2.25. The number of hydrogen-bond acceptors (Lipinski definition) is 4. The molecule has 1 N–H and O–H groups in total. The number of likely N-dealkylation sites (N-methyl/N-ethyl adjacent to an activating group) is 1. The summed E-state index contributed by atoms with van der Waals surface area (Å²) < 4.78 is 26.7. The maximum absolute atomic E-state index is 14.0. The second kappa shape index (κ2) is 13.8. The summed E-state index contributed by atoms with van der Waals surface area (Å²) in [5, 5.41) is 3.50. The Labute approximate surface area is 240 Å². The van der Waals surface area contributed by atoms with E-state index < -0.39 is 28.5 Å². The molecule has 10 heteroatoms. The third-order valence-corrected chi connectivity index (χ3v) is 8.15. The number of carbonyl (C=O) groups excluding carboxylic acids is 2. The van der Waals surface area contributed by atoms with E-state index in [4.69, 9.17) is 23.2 Å². The Morgan fingerprint density at radius 2 is 1.51 bits per heavy atom. The van der Waals surface area contributed by atoms with E-state index >= 15 is 0 Å². The molecule has 3 rings (SSSR count). The fraction of sp³-hybridized carbons (Fsp3) is 0.310. The van der Waals surface area contributed by atoms with Crippen LogP contribution < -0.4 is 9.62 Å². The zero-order valence-electron chi connectivity index (χ0n) is 22.2. The van der Waals surface area contributed by atoms with Crippen LogP contribution in [0.5, 0.6) is 0 Å². The van der Waals surface area contributed by atoms with Crippen LogP contribution in [-0.2, 0) is 39.0 Å². The van der Waals surface area contributed by atoms with Crippen molar-refractivity contribution in [2.45, 2.75) is 39.3 Å². The number of halogens is 2. The van der Waals surface area contributed by atoms with E-state index in [2.05, 4.69) is 5.32 Å². The summed E-state index contributed by atoms with van der Waals surface area (Å²) in [5.41, 5.74) is 2.92. The molecule has 0 heterocycles. The molecule has 0 spiro atoms. The van der Waals surface area contributed by atoms with E-state index in [-0.39, 0.29) is 18.9 Å². The number of carbonyl (C=O) groups is 2. The molecule has 3 aromatic rings. The Hall–Kier alpha value is -3.07.